The summed E-state index contributed by atoms with van der Waals surface area (Å²) in [6.45, 7) is 11.7. The zero-order valence-corrected chi connectivity index (χ0v) is 14.4. The lowest BCUT2D eigenvalue weighted by Gasteiger charge is -2.27. The number of aliphatic hydroxyl groups is 1. The van der Waals surface area contributed by atoms with E-state index in [0.717, 1.165) is 5.56 Å². The molecule has 0 aromatic heterocycles. The minimum atomic E-state index is -0.664. The third-order valence-corrected chi connectivity index (χ3v) is 3.55. The molecular formula is C18H27NO3. The van der Waals surface area contributed by atoms with Crippen molar-refractivity contribution in [3.63, 3.8) is 0 Å². The molecule has 0 aliphatic rings. The van der Waals surface area contributed by atoms with Gasteiger partial charge in [-0.3, -0.25) is 9.59 Å². The maximum absolute atomic E-state index is 12.4. The molecule has 4 heteroatoms. The predicted molar refractivity (Wildman–Crippen MR) is 88.0 cm³/mol. The first-order chi connectivity index (χ1) is 10.0. The summed E-state index contributed by atoms with van der Waals surface area (Å²) in [6, 6.07) is 7.02. The molecule has 0 heterocycles. The first-order valence-electron chi connectivity index (χ1n) is 7.68. The number of aliphatic hydroxyl groups excluding tert-OH is 1. The molecule has 0 aliphatic carbocycles. The van der Waals surface area contributed by atoms with E-state index in [9.17, 15) is 14.7 Å². The van der Waals surface area contributed by atoms with E-state index in [-0.39, 0.29) is 18.0 Å². The van der Waals surface area contributed by atoms with Crippen LogP contribution in [0.1, 0.15) is 57.5 Å². The van der Waals surface area contributed by atoms with Crippen molar-refractivity contribution < 1.29 is 14.7 Å². The zero-order valence-electron chi connectivity index (χ0n) is 14.4. The molecular weight excluding hydrogens is 278 g/mol. The van der Waals surface area contributed by atoms with Crippen LogP contribution in [0.4, 0.5) is 0 Å². The molecule has 4 nitrogen and oxygen atoms in total. The Bertz CT molecular complexity index is 524. The number of Topliss-reactive ketones (excluding diaryl/α,β-unsaturated/α-hetero) is 1. The molecule has 0 saturated heterocycles. The summed E-state index contributed by atoms with van der Waals surface area (Å²) < 4.78 is 0. The van der Waals surface area contributed by atoms with Crippen LogP contribution in [0.3, 0.4) is 0 Å². The molecule has 122 valence electrons. The monoisotopic (exact) mass is 305 g/mol. The van der Waals surface area contributed by atoms with Gasteiger partial charge in [0, 0.05) is 18.2 Å². The van der Waals surface area contributed by atoms with Gasteiger partial charge in [-0.05, 0) is 31.7 Å². The van der Waals surface area contributed by atoms with Crippen molar-refractivity contribution in [2.24, 2.45) is 0 Å². The van der Waals surface area contributed by atoms with E-state index in [4.69, 9.17) is 0 Å². The number of hydrogen-bond donors (Lipinski definition) is 1. The average molecular weight is 305 g/mol. The van der Waals surface area contributed by atoms with Crippen LogP contribution in [-0.4, -0.2) is 40.4 Å². The fraction of sp³-hybridized carbons (Fsp3) is 0.556. The van der Waals surface area contributed by atoms with Gasteiger partial charge in [-0.1, -0.05) is 45.0 Å². The van der Waals surface area contributed by atoms with Crippen molar-refractivity contribution in [3.05, 3.63) is 35.4 Å². The summed E-state index contributed by atoms with van der Waals surface area (Å²) in [5, 5.41) is 9.49. The van der Waals surface area contributed by atoms with Crippen molar-refractivity contribution in [3.8, 4) is 0 Å². The van der Waals surface area contributed by atoms with Crippen LogP contribution in [0.2, 0.25) is 0 Å². The number of rotatable bonds is 5. The second kappa shape index (κ2) is 7.05. The first kappa shape index (κ1) is 18.4. The van der Waals surface area contributed by atoms with Crippen molar-refractivity contribution in [1.82, 2.24) is 4.90 Å². The summed E-state index contributed by atoms with van der Waals surface area (Å²) in [4.78, 5) is 26.1. The van der Waals surface area contributed by atoms with Gasteiger partial charge in [0.1, 0.15) is 0 Å². The number of benzene rings is 1. The van der Waals surface area contributed by atoms with E-state index in [1.165, 1.54) is 4.90 Å². The van der Waals surface area contributed by atoms with Crippen LogP contribution in [0, 0.1) is 0 Å². The summed E-state index contributed by atoms with van der Waals surface area (Å²) >= 11 is 0. The maximum atomic E-state index is 12.4. The quantitative estimate of drug-likeness (QED) is 0.672. The Morgan fingerprint density at radius 3 is 1.95 bits per heavy atom. The molecule has 0 radical (unpaired) electrons. The Morgan fingerprint density at radius 2 is 1.59 bits per heavy atom. The Labute approximate surface area is 133 Å². The van der Waals surface area contributed by atoms with Crippen molar-refractivity contribution >= 4 is 11.7 Å². The summed E-state index contributed by atoms with van der Waals surface area (Å²) in [5.74, 6) is -1.10. The average Bonchev–Trinajstić information content (AvgIpc) is 2.42. The van der Waals surface area contributed by atoms with Crippen LogP contribution in [0.25, 0.3) is 0 Å². The highest BCUT2D eigenvalue weighted by atomic mass is 16.3. The molecule has 1 aromatic rings. The molecule has 0 saturated carbocycles. The van der Waals surface area contributed by atoms with Crippen molar-refractivity contribution in [2.75, 3.05) is 6.54 Å². The van der Waals surface area contributed by atoms with Gasteiger partial charge in [0.05, 0.1) is 6.10 Å². The second-order valence-electron chi connectivity index (χ2n) is 7.06. The lowest BCUT2D eigenvalue weighted by atomic mass is 9.86. The molecule has 1 aromatic carbocycles. The number of carbonyl (C=O) groups excluding carboxylic acids is 2. The van der Waals surface area contributed by atoms with Crippen LogP contribution in [0.15, 0.2) is 24.3 Å². The maximum Gasteiger partial charge on any atom is 0.295 e. The van der Waals surface area contributed by atoms with E-state index in [0.29, 0.717) is 5.56 Å². The minimum Gasteiger partial charge on any atom is -0.392 e. The number of ketones is 1. The fourth-order valence-electron chi connectivity index (χ4n) is 2.19. The first-order valence-corrected chi connectivity index (χ1v) is 7.68. The van der Waals surface area contributed by atoms with Gasteiger partial charge in [-0.2, -0.15) is 0 Å². The van der Waals surface area contributed by atoms with Gasteiger partial charge in [0.25, 0.3) is 5.91 Å². The van der Waals surface area contributed by atoms with Gasteiger partial charge in [-0.15, -0.1) is 0 Å². The van der Waals surface area contributed by atoms with Crippen LogP contribution >= 0.6 is 0 Å². The van der Waals surface area contributed by atoms with Crippen LogP contribution in [-0.2, 0) is 10.2 Å². The summed E-state index contributed by atoms with van der Waals surface area (Å²) in [7, 11) is 0. The lowest BCUT2D eigenvalue weighted by Crippen LogP contribution is -2.44. The summed E-state index contributed by atoms with van der Waals surface area (Å²) in [5.41, 5.74) is 1.50. The SMILES string of the molecule is CC(O)CN(C(=O)C(=O)c1ccc(C(C)(C)C)cc1)C(C)C. The second-order valence-corrected chi connectivity index (χ2v) is 7.06. The third-order valence-electron chi connectivity index (χ3n) is 3.55. The molecule has 0 spiro atoms. The molecule has 1 atom stereocenters. The molecule has 1 N–H and O–H groups in total. The van der Waals surface area contributed by atoms with E-state index in [1.807, 2.05) is 26.0 Å². The number of nitrogens with zero attached hydrogens (tertiary/aromatic N) is 1. The van der Waals surface area contributed by atoms with Gasteiger partial charge in [0.2, 0.25) is 5.78 Å². The predicted octanol–water partition coefficient (Wildman–Crippen LogP) is 2.78. The van der Waals surface area contributed by atoms with Crippen LogP contribution < -0.4 is 0 Å². The Morgan fingerprint density at radius 1 is 1.09 bits per heavy atom. The van der Waals surface area contributed by atoms with Gasteiger partial charge in [-0.25, -0.2) is 0 Å². The largest absolute Gasteiger partial charge is 0.392 e. The Balaban J connectivity index is 2.96. The number of amides is 1. The topological polar surface area (TPSA) is 57.6 Å². The summed E-state index contributed by atoms with van der Waals surface area (Å²) in [6.07, 6.45) is -0.664. The molecule has 1 unspecified atom stereocenters. The highest BCUT2D eigenvalue weighted by Gasteiger charge is 2.26. The molecule has 1 rings (SSSR count). The highest BCUT2D eigenvalue weighted by Crippen LogP contribution is 2.22. The number of hydrogen-bond acceptors (Lipinski definition) is 3. The van der Waals surface area contributed by atoms with E-state index < -0.39 is 17.8 Å². The van der Waals surface area contributed by atoms with E-state index >= 15 is 0 Å². The smallest absolute Gasteiger partial charge is 0.295 e. The molecule has 0 fully saturated rings. The Kier molecular flexibility index (Phi) is 5.89. The molecule has 1 amide bonds. The molecule has 22 heavy (non-hydrogen) atoms. The molecule has 0 aliphatic heterocycles. The van der Waals surface area contributed by atoms with Crippen molar-refractivity contribution in [2.45, 2.75) is 59.1 Å². The third kappa shape index (κ3) is 4.67. The highest BCUT2D eigenvalue weighted by molar-refractivity contribution is 6.42. The van der Waals surface area contributed by atoms with Gasteiger partial charge < -0.3 is 10.0 Å². The van der Waals surface area contributed by atoms with Gasteiger partial charge >= 0.3 is 0 Å². The Hall–Kier alpha value is -1.68. The van der Waals surface area contributed by atoms with Crippen LogP contribution in [0.5, 0.6) is 0 Å². The normalized spacial score (nSPS) is 13.1. The fourth-order valence-corrected chi connectivity index (χ4v) is 2.19. The van der Waals surface area contributed by atoms with E-state index in [1.54, 1.807) is 19.1 Å². The zero-order chi connectivity index (χ0) is 17.1. The molecule has 0 bridgehead atoms. The number of carbonyl (C=O) groups is 2. The minimum absolute atomic E-state index is 0.00186. The lowest BCUT2D eigenvalue weighted by molar-refractivity contribution is -0.129. The van der Waals surface area contributed by atoms with Gasteiger partial charge in [0.15, 0.2) is 0 Å². The standard InChI is InChI=1S/C18H27NO3/c1-12(2)19(11-13(3)20)17(22)16(21)14-7-9-15(10-8-14)18(4,5)6/h7-10,12-13,20H,11H2,1-6H3. The van der Waals surface area contributed by atoms with Crippen molar-refractivity contribution in [1.29, 1.82) is 0 Å². The van der Waals surface area contributed by atoms with E-state index in [2.05, 4.69) is 20.8 Å².